The Kier molecular flexibility index (Phi) is 7.21. The predicted molar refractivity (Wildman–Crippen MR) is 129 cm³/mol. The van der Waals surface area contributed by atoms with Gasteiger partial charge < -0.3 is 14.5 Å². The fourth-order valence-corrected chi connectivity index (χ4v) is 3.82. The van der Waals surface area contributed by atoms with Crippen molar-refractivity contribution in [2.45, 2.75) is 60.8 Å². The summed E-state index contributed by atoms with van der Waals surface area (Å²) in [5.74, 6) is 1.52. The molecule has 1 amide bonds. The molecule has 4 nitrogen and oxygen atoms in total. The molecule has 0 aliphatic carbocycles. The van der Waals surface area contributed by atoms with Crippen LogP contribution >= 0.6 is 0 Å². The fourth-order valence-electron chi connectivity index (χ4n) is 3.82. The second kappa shape index (κ2) is 9.86. The van der Waals surface area contributed by atoms with Crippen LogP contribution in [-0.4, -0.2) is 12.5 Å². The molecule has 0 unspecified atom stereocenters. The summed E-state index contributed by atoms with van der Waals surface area (Å²) in [5.41, 5.74) is 6.78. The van der Waals surface area contributed by atoms with Crippen molar-refractivity contribution in [2.75, 3.05) is 11.9 Å². The normalized spacial score (nSPS) is 11.7. The van der Waals surface area contributed by atoms with Crippen molar-refractivity contribution >= 4 is 28.1 Å². The summed E-state index contributed by atoms with van der Waals surface area (Å²) in [7, 11) is 0. The standard InChI is InChI=1S/C27H33NO3/c1-7-9-10-21-11-13-22(14-12-21)28-25(29)15-17(3)23-16-24-18(4)20(6)31-27(24)19(5)26(23)30-8-2/h11-16H,7-10H2,1-6H3,(H,28,29)/b17-15+. The Morgan fingerprint density at radius 1 is 1.10 bits per heavy atom. The zero-order valence-electron chi connectivity index (χ0n) is 19.5. The maximum atomic E-state index is 12.7. The van der Waals surface area contributed by atoms with Crippen LogP contribution in [0.15, 0.2) is 40.8 Å². The lowest BCUT2D eigenvalue weighted by molar-refractivity contribution is -0.111. The lowest BCUT2D eigenvalue weighted by atomic mass is 9.98. The Balaban J connectivity index is 1.88. The number of anilines is 1. The monoisotopic (exact) mass is 419 g/mol. The van der Waals surface area contributed by atoms with Crippen LogP contribution in [0.2, 0.25) is 0 Å². The number of allylic oxidation sites excluding steroid dienone is 1. The minimum Gasteiger partial charge on any atom is -0.493 e. The van der Waals surface area contributed by atoms with Gasteiger partial charge in [0.05, 0.1) is 6.61 Å². The Bertz CT molecular complexity index is 1100. The van der Waals surface area contributed by atoms with E-state index in [2.05, 4.69) is 37.4 Å². The summed E-state index contributed by atoms with van der Waals surface area (Å²) in [6.07, 6.45) is 5.06. The first-order chi connectivity index (χ1) is 14.8. The van der Waals surface area contributed by atoms with Crippen molar-refractivity contribution in [2.24, 2.45) is 0 Å². The second-order valence-electron chi connectivity index (χ2n) is 8.09. The molecular formula is C27H33NO3. The molecule has 3 aromatic rings. The Morgan fingerprint density at radius 2 is 1.81 bits per heavy atom. The number of benzene rings is 2. The number of aryl methyl sites for hydroxylation is 4. The number of ether oxygens (including phenoxy) is 1. The topological polar surface area (TPSA) is 51.5 Å². The highest BCUT2D eigenvalue weighted by molar-refractivity contribution is 6.05. The lowest BCUT2D eigenvalue weighted by Gasteiger charge is -2.14. The summed E-state index contributed by atoms with van der Waals surface area (Å²) in [5, 5.41) is 4.03. The van der Waals surface area contributed by atoms with Gasteiger partial charge >= 0.3 is 0 Å². The zero-order valence-corrected chi connectivity index (χ0v) is 19.5. The number of rotatable bonds is 8. The Labute approximate surface area is 185 Å². The van der Waals surface area contributed by atoms with Gasteiger partial charge in [-0.05, 0) is 82.4 Å². The largest absolute Gasteiger partial charge is 0.493 e. The number of hydrogen-bond acceptors (Lipinski definition) is 3. The van der Waals surface area contributed by atoms with Crippen molar-refractivity contribution in [3.8, 4) is 5.75 Å². The van der Waals surface area contributed by atoms with Crippen LogP contribution in [0.5, 0.6) is 5.75 Å². The molecule has 0 bridgehead atoms. The molecule has 1 heterocycles. The van der Waals surface area contributed by atoms with Gasteiger partial charge in [0.2, 0.25) is 5.91 Å². The van der Waals surface area contributed by atoms with Gasteiger partial charge in [-0.2, -0.15) is 0 Å². The molecule has 4 heteroatoms. The lowest BCUT2D eigenvalue weighted by Crippen LogP contribution is -2.09. The average Bonchev–Trinajstić information content (AvgIpc) is 3.03. The summed E-state index contributed by atoms with van der Waals surface area (Å²) < 4.78 is 11.9. The number of carbonyl (C=O) groups excluding carboxylic acids is 1. The van der Waals surface area contributed by atoms with Crippen LogP contribution in [0.3, 0.4) is 0 Å². The maximum Gasteiger partial charge on any atom is 0.248 e. The third kappa shape index (κ3) is 5.01. The second-order valence-corrected chi connectivity index (χ2v) is 8.09. The minimum atomic E-state index is -0.154. The van der Waals surface area contributed by atoms with Crippen molar-refractivity contribution in [1.82, 2.24) is 0 Å². The first-order valence-corrected chi connectivity index (χ1v) is 11.1. The summed E-state index contributed by atoms with van der Waals surface area (Å²) in [4.78, 5) is 12.7. The number of nitrogens with one attached hydrogen (secondary N) is 1. The van der Waals surface area contributed by atoms with Gasteiger partial charge in [-0.3, -0.25) is 4.79 Å². The number of unbranched alkanes of at least 4 members (excludes halogenated alkanes) is 1. The van der Waals surface area contributed by atoms with Gasteiger partial charge in [0.15, 0.2) is 0 Å². The zero-order chi connectivity index (χ0) is 22.5. The molecule has 3 rings (SSSR count). The van der Waals surface area contributed by atoms with Crippen LogP contribution in [0, 0.1) is 20.8 Å². The summed E-state index contributed by atoms with van der Waals surface area (Å²) in [6, 6.07) is 10.2. The highest BCUT2D eigenvalue weighted by Crippen LogP contribution is 2.38. The van der Waals surface area contributed by atoms with Gasteiger partial charge in [-0.15, -0.1) is 0 Å². The first kappa shape index (κ1) is 22.7. The highest BCUT2D eigenvalue weighted by Gasteiger charge is 2.18. The number of fused-ring (bicyclic) bond motifs is 1. The van der Waals surface area contributed by atoms with Crippen LogP contribution < -0.4 is 10.1 Å². The molecule has 0 saturated heterocycles. The summed E-state index contributed by atoms with van der Waals surface area (Å²) >= 11 is 0. The molecule has 2 aromatic carbocycles. The molecule has 0 radical (unpaired) electrons. The third-order valence-corrected chi connectivity index (χ3v) is 5.75. The van der Waals surface area contributed by atoms with E-state index < -0.39 is 0 Å². The molecule has 0 atom stereocenters. The van der Waals surface area contributed by atoms with Crippen molar-refractivity contribution in [1.29, 1.82) is 0 Å². The molecule has 1 aromatic heterocycles. The van der Waals surface area contributed by atoms with E-state index in [4.69, 9.17) is 9.15 Å². The summed E-state index contributed by atoms with van der Waals surface area (Å²) in [6.45, 7) is 12.7. The van der Waals surface area contributed by atoms with E-state index in [9.17, 15) is 4.79 Å². The van der Waals surface area contributed by atoms with Crippen molar-refractivity contribution in [3.63, 3.8) is 0 Å². The molecule has 1 N–H and O–H groups in total. The van der Waals surface area contributed by atoms with Crippen molar-refractivity contribution < 1.29 is 13.9 Å². The molecule has 0 fully saturated rings. The van der Waals surface area contributed by atoms with Crippen LogP contribution in [0.1, 0.15) is 61.6 Å². The molecule has 164 valence electrons. The molecule has 0 aliphatic rings. The van der Waals surface area contributed by atoms with Gasteiger partial charge in [-0.25, -0.2) is 0 Å². The molecule has 0 spiro atoms. The van der Waals surface area contributed by atoms with E-state index in [-0.39, 0.29) is 5.91 Å². The van der Waals surface area contributed by atoms with E-state index in [1.165, 1.54) is 18.4 Å². The number of hydrogen-bond donors (Lipinski definition) is 1. The number of carbonyl (C=O) groups is 1. The van der Waals surface area contributed by atoms with E-state index in [0.717, 1.165) is 56.9 Å². The number of amides is 1. The molecule has 31 heavy (non-hydrogen) atoms. The number of furan rings is 1. The fraction of sp³-hybridized carbons (Fsp3) is 0.370. The van der Waals surface area contributed by atoms with Crippen molar-refractivity contribution in [3.05, 3.63) is 64.4 Å². The quantitative estimate of drug-likeness (QED) is 0.395. The maximum absolute atomic E-state index is 12.7. The molecule has 0 saturated carbocycles. The van der Waals surface area contributed by atoms with Crippen LogP contribution in [0.25, 0.3) is 16.5 Å². The van der Waals surface area contributed by atoms with Gasteiger partial charge in [0.1, 0.15) is 17.1 Å². The predicted octanol–water partition coefficient (Wildman–Crippen LogP) is 7.14. The van der Waals surface area contributed by atoms with E-state index in [0.29, 0.717) is 6.61 Å². The van der Waals surface area contributed by atoms with Crippen LogP contribution in [0.4, 0.5) is 5.69 Å². The smallest absolute Gasteiger partial charge is 0.248 e. The molecule has 0 aliphatic heterocycles. The SMILES string of the molecule is CCCCc1ccc(NC(=O)/C=C(\C)c2cc3c(C)c(C)oc3c(C)c2OCC)cc1. The van der Waals surface area contributed by atoms with Gasteiger partial charge in [0.25, 0.3) is 0 Å². The average molecular weight is 420 g/mol. The first-order valence-electron chi connectivity index (χ1n) is 11.1. The third-order valence-electron chi connectivity index (χ3n) is 5.75. The minimum absolute atomic E-state index is 0.154. The highest BCUT2D eigenvalue weighted by atomic mass is 16.5. The molecular weight excluding hydrogens is 386 g/mol. The Morgan fingerprint density at radius 3 is 2.45 bits per heavy atom. The van der Waals surface area contributed by atoms with Gasteiger partial charge in [-0.1, -0.05) is 25.5 Å². The van der Waals surface area contributed by atoms with E-state index in [1.807, 2.05) is 39.8 Å². The van der Waals surface area contributed by atoms with Crippen LogP contribution in [-0.2, 0) is 11.2 Å². The van der Waals surface area contributed by atoms with E-state index in [1.54, 1.807) is 6.08 Å². The van der Waals surface area contributed by atoms with Gasteiger partial charge in [0, 0.05) is 28.3 Å². The Hall–Kier alpha value is -3.01. The van der Waals surface area contributed by atoms with E-state index >= 15 is 0 Å².